The fourth-order valence-corrected chi connectivity index (χ4v) is 4.13. The molecule has 21 heavy (non-hydrogen) atoms. The molecule has 0 aliphatic carbocycles. The highest BCUT2D eigenvalue weighted by atomic mass is 32.1. The number of aromatic nitrogens is 1. The lowest BCUT2D eigenvalue weighted by Gasteiger charge is -2.31. The Labute approximate surface area is 129 Å². The Kier molecular flexibility index (Phi) is 3.71. The van der Waals surface area contributed by atoms with Crippen molar-refractivity contribution in [3.05, 3.63) is 35.5 Å². The first-order chi connectivity index (χ1) is 10.4. The van der Waals surface area contributed by atoms with Gasteiger partial charge in [-0.3, -0.25) is 4.84 Å². The van der Waals surface area contributed by atoms with Crippen LogP contribution in [0.25, 0.3) is 5.00 Å². The normalized spacial score (nSPS) is 18.6. The van der Waals surface area contributed by atoms with Crippen LogP contribution in [0.3, 0.4) is 0 Å². The third kappa shape index (κ3) is 2.61. The molecular weight excluding hydrogens is 282 g/mol. The zero-order chi connectivity index (χ0) is 14.1. The molecule has 0 radical (unpaired) electrons. The summed E-state index contributed by atoms with van der Waals surface area (Å²) in [5.41, 5.74) is 2.49. The predicted molar refractivity (Wildman–Crippen MR) is 86.1 cm³/mol. The first kappa shape index (κ1) is 13.4. The summed E-state index contributed by atoms with van der Waals surface area (Å²) in [5, 5.41) is 5.46. The summed E-state index contributed by atoms with van der Waals surface area (Å²) in [5.74, 6) is 0. The van der Waals surface area contributed by atoms with E-state index in [4.69, 9.17) is 4.84 Å². The fraction of sp³-hybridized carbons (Fsp3) is 0.500. The zero-order valence-electron chi connectivity index (χ0n) is 12.2. The quantitative estimate of drug-likeness (QED) is 0.865. The number of likely N-dealkylation sites (tertiary alicyclic amines) is 1. The van der Waals surface area contributed by atoms with Crippen LogP contribution >= 0.6 is 11.3 Å². The molecule has 1 saturated heterocycles. The number of piperidine rings is 1. The molecule has 0 saturated carbocycles. The summed E-state index contributed by atoms with van der Waals surface area (Å²) < 4.78 is 2.27. The van der Waals surface area contributed by atoms with E-state index in [1.54, 1.807) is 11.3 Å². The van der Waals surface area contributed by atoms with Gasteiger partial charge in [-0.2, -0.15) is 0 Å². The van der Waals surface area contributed by atoms with Gasteiger partial charge in [0.25, 0.3) is 0 Å². The third-order valence-corrected chi connectivity index (χ3v) is 5.26. The number of rotatable bonds is 4. The average molecular weight is 303 g/mol. The van der Waals surface area contributed by atoms with Crippen molar-refractivity contribution in [3.8, 4) is 5.00 Å². The largest absolute Gasteiger partial charge is 0.309 e. The molecule has 5 heteroatoms. The standard InChI is InChI=1S/C16H21N3OS/c1-2-7-17(8-3-1)10-11-20-19-13-14-5-4-9-18(14)16-15(19)6-12-21-16/h4-6,9,12H,1-3,7-8,10-11,13H2. The number of thiophene rings is 1. The van der Waals surface area contributed by atoms with Crippen LogP contribution in [-0.4, -0.2) is 35.7 Å². The molecule has 0 spiro atoms. The van der Waals surface area contributed by atoms with Gasteiger partial charge in [0.15, 0.2) is 0 Å². The first-order valence-corrected chi connectivity index (χ1v) is 8.67. The van der Waals surface area contributed by atoms with Gasteiger partial charge in [0.2, 0.25) is 0 Å². The summed E-state index contributed by atoms with van der Waals surface area (Å²) in [6.45, 7) is 5.11. The molecule has 2 aromatic rings. The van der Waals surface area contributed by atoms with Crippen molar-refractivity contribution in [2.75, 3.05) is 31.3 Å². The van der Waals surface area contributed by atoms with Crippen molar-refractivity contribution in [2.24, 2.45) is 0 Å². The Morgan fingerprint density at radius 1 is 1.14 bits per heavy atom. The van der Waals surface area contributed by atoms with Gasteiger partial charge < -0.3 is 9.47 Å². The molecule has 0 bridgehead atoms. The van der Waals surface area contributed by atoms with E-state index < -0.39 is 0 Å². The van der Waals surface area contributed by atoms with E-state index in [1.807, 2.05) is 0 Å². The molecule has 0 aromatic carbocycles. The van der Waals surface area contributed by atoms with Crippen LogP contribution in [0.1, 0.15) is 25.0 Å². The summed E-state index contributed by atoms with van der Waals surface area (Å²) in [6.07, 6.45) is 6.20. The maximum absolute atomic E-state index is 6.08. The number of hydrogen-bond acceptors (Lipinski definition) is 4. The van der Waals surface area contributed by atoms with Gasteiger partial charge in [-0.05, 0) is 49.5 Å². The van der Waals surface area contributed by atoms with E-state index in [-0.39, 0.29) is 0 Å². The minimum Gasteiger partial charge on any atom is -0.309 e. The average Bonchev–Trinajstić information content (AvgIpc) is 3.16. The number of fused-ring (bicyclic) bond motifs is 3. The van der Waals surface area contributed by atoms with Crippen LogP contribution in [0, 0.1) is 0 Å². The first-order valence-electron chi connectivity index (χ1n) is 7.79. The fourth-order valence-electron chi connectivity index (χ4n) is 3.22. The van der Waals surface area contributed by atoms with Crippen LogP contribution in [0.15, 0.2) is 29.8 Å². The van der Waals surface area contributed by atoms with Crippen molar-refractivity contribution in [2.45, 2.75) is 25.8 Å². The molecule has 4 rings (SSSR count). The van der Waals surface area contributed by atoms with E-state index in [0.29, 0.717) is 0 Å². The second kappa shape index (κ2) is 5.83. The van der Waals surface area contributed by atoms with Gasteiger partial charge in [0.1, 0.15) is 5.00 Å². The number of anilines is 1. The monoisotopic (exact) mass is 303 g/mol. The topological polar surface area (TPSA) is 20.6 Å². The van der Waals surface area contributed by atoms with Crippen molar-refractivity contribution in [1.29, 1.82) is 0 Å². The molecule has 4 nitrogen and oxygen atoms in total. The molecule has 0 unspecified atom stereocenters. The summed E-state index contributed by atoms with van der Waals surface area (Å²) in [6, 6.07) is 6.43. The smallest absolute Gasteiger partial charge is 0.126 e. The molecule has 0 N–H and O–H groups in total. The second-order valence-electron chi connectivity index (χ2n) is 5.75. The highest BCUT2D eigenvalue weighted by Gasteiger charge is 2.23. The molecule has 4 heterocycles. The highest BCUT2D eigenvalue weighted by Crippen LogP contribution is 2.36. The van der Waals surface area contributed by atoms with E-state index in [2.05, 4.69) is 44.3 Å². The van der Waals surface area contributed by atoms with Gasteiger partial charge in [0, 0.05) is 18.4 Å². The second-order valence-corrected chi connectivity index (χ2v) is 6.65. The van der Waals surface area contributed by atoms with E-state index >= 15 is 0 Å². The predicted octanol–water partition coefficient (Wildman–Crippen LogP) is 3.28. The van der Waals surface area contributed by atoms with E-state index in [9.17, 15) is 0 Å². The lowest BCUT2D eigenvalue weighted by molar-refractivity contribution is 0.0731. The summed E-state index contributed by atoms with van der Waals surface area (Å²) in [7, 11) is 0. The van der Waals surface area contributed by atoms with Crippen LogP contribution in [0.5, 0.6) is 0 Å². The number of hydrogen-bond donors (Lipinski definition) is 0. The maximum atomic E-state index is 6.08. The summed E-state index contributed by atoms with van der Waals surface area (Å²) in [4.78, 5) is 8.60. The zero-order valence-corrected chi connectivity index (χ0v) is 13.0. The van der Waals surface area contributed by atoms with Gasteiger partial charge in [-0.15, -0.1) is 11.3 Å². The van der Waals surface area contributed by atoms with Gasteiger partial charge >= 0.3 is 0 Å². The van der Waals surface area contributed by atoms with Crippen molar-refractivity contribution >= 4 is 17.0 Å². The van der Waals surface area contributed by atoms with Crippen molar-refractivity contribution < 1.29 is 4.84 Å². The maximum Gasteiger partial charge on any atom is 0.126 e. The van der Waals surface area contributed by atoms with Crippen molar-refractivity contribution in [3.63, 3.8) is 0 Å². The van der Waals surface area contributed by atoms with Gasteiger partial charge in [-0.1, -0.05) is 6.42 Å². The highest BCUT2D eigenvalue weighted by molar-refractivity contribution is 7.13. The third-order valence-electron chi connectivity index (χ3n) is 4.35. The Morgan fingerprint density at radius 3 is 2.95 bits per heavy atom. The SMILES string of the molecule is c1cc2n(c1)-c1sccc1N(OCCN1CCCCC1)C2. The van der Waals surface area contributed by atoms with Crippen LogP contribution in [0.4, 0.5) is 5.69 Å². The molecular formula is C16H21N3OS. The van der Waals surface area contributed by atoms with E-state index in [1.165, 1.54) is 48.7 Å². The lowest BCUT2D eigenvalue weighted by Crippen LogP contribution is -2.36. The molecule has 1 fully saturated rings. The van der Waals surface area contributed by atoms with Crippen LogP contribution in [-0.2, 0) is 11.4 Å². The van der Waals surface area contributed by atoms with Crippen LogP contribution in [0.2, 0.25) is 0 Å². The Hall–Kier alpha value is -1.30. The van der Waals surface area contributed by atoms with E-state index in [0.717, 1.165) is 19.7 Å². The van der Waals surface area contributed by atoms with Gasteiger partial charge in [0.05, 0.1) is 18.8 Å². The number of nitrogens with zero attached hydrogens (tertiary/aromatic N) is 3. The molecule has 2 aromatic heterocycles. The summed E-state index contributed by atoms with van der Waals surface area (Å²) >= 11 is 1.77. The van der Waals surface area contributed by atoms with Gasteiger partial charge in [-0.25, -0.2) is 5.06 Å². The lowest BCUT2D eigenvalue weighted by atomic mass is 10.1. The van der Waals surface area contributed by atoms with Crippen molar-refractivity contribution in [1.82, 2.24) is 9.47 Å². The number of hydroxylamine groups is 1. The van der Waals surface area contributed by atoms with Crippen LogP contribution < -0.4 is 5.06 Å². The molecule has 0 atom stereocenters. The molecule has 2 aliphatic rings. The Balaban J connectivity index is 1.40. The minimum absolute atomic E-state index is 0.774. The Bertz CT molecular complexity index is 600. The Morgan fingerprint density at radius 2 is 2.05 bits per heavy atom. The molecule has 2 aliphatic heterocycles. The minimum atomic E-state index is 0.774. The molecule has 112 valence electrons. The molecule has 0 amide bonds.